The molecule has 3 unspecified atom stereocenters. The monoisotopic (exact) mass is 441 g/mol. The van der Waals surface area contributed by atoms with Crippen LogP contribution in [0, 0.1) is 17.8 Å². The first-order valence-electron chi connectivity index (χ1n) is 11.7. The molecule has 0 aliphatic carbocycles. The van der Waals surface area contributed by atoms with Crippen LogP contribution in [0.15, 0.2) is 12.7 Å². The number of rotatable bonds is 20. The Morgan fingerprint density at radius 3 is 1.55 bits per heavy atom. The predicted molar refractivity (Wildman–Crippen MR) is 119 cm³/mol. The Bertz CT molecular complexity index is 507. The maximum absolute atomic E-state index is 11.5. The van der Waals surface area contributed by atoms with Crippen molar-refractivity contribution in [2.24, 2.45) is 17.8 Å². The van der Waals surface area contributed by atoms with Crippen molar-refractivity contribution in [1.29, 1.82) is 0 Å². The first-order chi connectivity index (χ1) is 14.5. The van der Waals surface area contributed by atoms with Crippen LogP contribution in [0.4, 0.5) is 0 Å². The third kappa shape index (κ3) is 13.2. The van der Waals surface area contributed by atoms with Gasteiger partial charge in [0, 0.05) is 11.9 Å². The molecule has 0 radical (unpaired) electrons. The van der Waals surface area contributed by atoms with E-state index >= 15 is 0 Å². The average molecular weight is 442 g/mol. The lowest BCUT2D eigenvalue weighted by atomic mass is 10.00. The van der Waals surface area contributed by atoms with Gasteiger partial charge in [0.15, 0.2) is 0 Å². The van der Waals surface area contributed by atoms with Crippen LogP contribution < -0.4 is 5.11 Å². The molecule has 0 aromatic carbocycles. The molecule has 7 nitrogen and oxygen atoms in total. The van der Waals surface area contributed by atoms with Crippen molar-refractivity contribution in [2.45, 2.75) is 78.6 Å². The lowest BCUT2D eigenvalue weighted by Gasteiger charge is -2.43. The van der Waals surface area contributed by atoms with E-state index in [9.17, 15) is 29.7 Å². The van der Waals surface area contributed by atoms with Gasteiger partial charge >= 0.3 is 11.9 Å². The molecule has 0 spiro atoms. The highest BCUT2D eigenvalue weighted by molar-refractivity contribution is 5.70. The maximum atomic E-state index is 11.5. The minimum absolute atomic E-state index is 0.178. The molecule has 0 heterocycles. The number of nitrogens with zero attached hydrogens (tertiary/aromatic N) is 1. The van der Waals surface area contributed by atoms with E-state index in [-0.39, 0.29) is 24.1 Å². The number of hydrogen-bond donors (Lipinski definition) is 2. The van der Waals surface area contributed by atoms with Gasteiger partial charge in [0.05, 0.1) is 26.2 Å². The van der Waals surface area contributed by atoms with E-state index in [2.05, 4.69) is 6.58 Å². The second-order valence-electron chi connectivity index (χ2n) is 9.22. The van der Waals surface area contributed by atoms with Crippen molar-refractivity contribution in [1.82, 2.24) is 0 Å². The van der Waals surface area contributed by atoms with Crippen LogP contribution in [0.1, 0.15) is 78.6 Å². The summed E-state index contributed by atoms with van der Waals surface area (Å²) in [7, 11) is 0. The van der Waals surface area contributed by atoms with Gasteiger partial charge in [0.1, 0.15) is 11.8 Å². The van der Waals surface area contributed by atoms with Gasteiger partial charge in [-0.15, -0.1) is 6.58 Å². The third-order valence-electron chi connectivity index (χ3n) is 6.02. The minimum atomic E-state index is -1.19. The number of allylic oxidation sites excluding steroid dienone is 1. The summed E-state index contributed by atoms with van der Waals surface area (Å²) in [5.41, 5.74) is 0. The molecular formula is C24H43NO6. The first kappa shape index (κ1) is 29.1. The zero-order valence-electron chi connectivity index (χ0n) is 19.7. The quantitative estimate of drug-likeness (QED) is 0.170. The predicted octanol–water partition coefficient (Wildman–Crippen LogP) is 3.33. The van der Waals surface area contributed by atoms with Gasteiger partial charge in [-0.3, -0.25) is 9.59 Å². The standard InChI is InChI=1S/C24H43NO6/c1-5-6-7-8-9-10-11-12-13-14-15-25(16-19(2)22(26)27,17-20(3)23(28)29)18-21(4)24(30)31/h5,19-21H,1,6-18H2,2-4H3,(H2-,26,27,28,29,30,31). The van der Waals surface area contributed by atoms with Crippen molar-refractivity contribution in [3.8, 4) is 0 Å². The number of hydrogen-bond acceptors (Lipinski definition) is 4. The van der Waals surface area contributed by atoms with Crippen molar-refractivity contribution in [2.75, 3.05) is 26.2 Å². The van der Waals surface area contributed by atoms with Crippen LogP contribution in [0.2, 0.25) is 0 Å². The molecule has 2 N–H and O–H groups in total. The number of carboxylic acid groups (broad SMARTS) is 3. The molecule has 0 amide bonds. The molecule has 0 aromatic rings. The number of quaternary nitrogens is 1. The number of aliphatic carboxylic acids is 3. The highest BCUT2D eigenvalue weighted by atomic mass is 16.4. The molecule has 7 heteroatoms. The van der Waals surface area contributed by atoms with E-state index in [0.717, 1.165) is 32.1 Å². The molecule has 0 aliphatic heterocycles. The van der Waals surface area contributed by atoms with E-state index in [1.165, 1.54) is 25.7 Å². The van der Waals surface area contributed by atoms with Gasteiger partial charge in [-0.25, -0.2) is 0 Å². The third-order valence-corrected chi connectivity index (χ3v) is 6.02. The summed E-state index contributed by atoms with van der Waals surface area (Å²) in [6.45, 7) is 9.65. The van der Waals surface area contributed by atoms with Gasteiger partial charge in [-0.1, -0.05) is 45.1 Å². The van der Waals surface area contributed by atoms with Gasteiger partial charge in [0.2, 0.25) is 0 Å². The number of unbranched alkanes of at least 4 members (excludes halogenated alkanes) is 8. The fourth-order valence-electron chi connectivity index (χ4n) is 4.27. The zero-order chi connectivity index (χ0) is 23.9. The minimum Gasteiger partial charge on any atom is -0.550 e. The smallest absolute Gasteiger partial charge is 0.311 e. The first-order valence-corrected chi connectivity index (χ1v) is 11.7. The SMILES string of the molecule is C=CCCCCCCCCCC[N+](CC(C)C(=O)[O-])(CC(C)C(=O)O)CC(C)C(=O)O. The molecule has 0 rings (SSSR count). The van der Waals surface area contributed by atoms with Crippen LogP contribution in [-0.4, -0.2) is 58.8 Å². The highest BCUT2D eigenvalue weighted by Gasteiger charge is 2.36. The Morgan fingerprint density at radius 2 is 1.16 bits per heavy atom. The highest BCUT2D eigenvalue weighted by Crippen LogP contribution is 2.22. The summed E-state index contributed by atoms with van der Waals surface area (Å²) < 4.78 is 0.178. The van der Waals surface area contributed by atoms with Gasteiger partial charge in [-0.2, -0.15) is 0 Å². The van der Waals surface area contributed by atoms with Crippen molar-refractivity contribution in [3.63, 3.8) is 0 Å². The summed E-state index contributed by atoms with van der Waals surface area (Å²) >= 11 is 0. The van der Waals surface area contributed by atoms with Crippen LogP contribution in [-0.2, 0) is 14.4 Å². The zero-order valence-corrected chi connectivity index (χ0v) is 19.7. The largest absolute Gasteiger partial charge is 0.550 e. The Hall–Kier alpha value is -1.89. The summed E-state index contributed by atoms with van der Waals surface area (Å²) in [5, 5.41) is 30.2. The topological polar surface area (TPSA) is 115 Å². The van der Waals surface area contributed by atoms with E-state index in [0.29, 0.717) is 6.54 Å². The summed E-state index contributed by atoms with van der Waals surface area (Å²) in [6, 6.07) is 0. The molecule has 0 saturated carbocycles. The lowest BCUT2D eigenvalue weighted by molar-refractivity contribution is -0.934. The Kier molecular flexibility index (Phi) is 14.9. The van der Waals surface area contributed by atoms with Crippen molar-refractivity contribution >= 4 is 17.9 Å². The van der Waals surface area contributed by atoms with Gasteiger partial charge in [0.25, 0.3) is 0 Å². The van der Waals surface area contributed by atoms with Crippen LogP contribution >= 0.6 is 0 Å². The van der Waals surface area contributed by atoms with Crippen molar-refractivity contribution < 1.29 is 34.2 Å². The van der Waals surface area contributed by atoms with Crippen LogP contribution in [0.3, 0.4) is 0 Å². The molecule has 0 aliphatic rings. The molecule has 0 bridgehead atoms. The Labute approximate surface area is 187 Å². The van der Waals surface area contributed by atoms with E-state index in [1.807, 2.05) is 6.08 Å². The summed E-state index contributed by atoms with van der Waals surface area (Å²) in [6.07, 6.45) is 11.8. The van der Waals surface area contributed by atoms with Crippen LogP contribution in [0.5, 0.6) is 0 Å². The molecule has 180 valence electrons. The Morgan fingerprint density at radius 1 is 0.774 bits per heavy atom. The second kappa shape index (κ2) is 15.8. The fraction of sp³-hybridized carbons (Fsp3) is 0.792. The number of carbonyl (C=O) groups is 3. The molecule has 0 aromatic heterocycles. The summed E-state index contributed by atoms with van der Waals surface area (Å²) in [4.78, 5) is 34.4. The lowest BCUT2D eigenvalue weighted by Crippen LogP contribution is -2.58. The van der Waals surface area contributed by atoms with Gasteiger partial charge < -0.3 is 24.6 Å². The second-order valence-corrected chi connectivity index (χ2v) is 9.22. The Balaban J connectivity index is 4.99. The number of carboxylic acids is 3. The molecule has 0 saturated heterocycles. The molecule has 3 atom stereocenters. The normalized spacial score (nSPS) is 16.1. The molecule has 0 fully saturated rings. The fourth-order valence-corrected chi connectivity index (χ4v) is 4.27. The van der Waals surface area contributed by atoms with Gasteiger partial charge in [-0.05, 0) is 39.5 Å². The van der Waals surface area contributed by atoms with E-state index in [1.54, 1.807) is 20.8 Å². The maximum Gasteiger partial charge on any atom is 0.311 e. The van der Waals surface area contributed by atoms with E-state index in [4.69, 9.17) is 0 Å². The molecular weight excluding hydrogens is 398 g/mol. The number of carbonyl (C=O) groups excluding carboxylic acids is 1. The van der Waals surface area contributed by atoms with E-state index < -0.39 is 35.7 Å². The average Bonchev–Trinajstić information content (AvgIpc) is 2.68. The van der Waals surface area contributed by atoms with Crippen molar-refractivity contribution in [3.05, 3.63) is 12.7 Å². The molecule has 31 heavy (non-hydrogen) atoms. The van der Waals surface area contributed by atoms with Crippen LogP contribution in [0.25, 0.3) is 0 Å². The summed E-state index contributed by atoms with van der Waals surface area (Å²) in [5.74, 6) is -5.26.